The molecule has 0 spiro atoms. The number of rotatable bonds is 7. The van der Waals surface area contributed by atoms with Crippen LogP contribution in [0.2, 0.25) is 0 Å². The summed E-state index contributed by atoms with van der Waals surface area (Å²) in [4.78, 5) is 31.4. The van der Waals surface area contributed by atoms with Crippen LogP contribution in [0, 0.1) is 31.1 Å². The van der Waals surface area contributed by atoms with Crippen LogP contribution in [0.5, 0.6) is 0 Å². The van der Waals surface area contributed by atoms with Crippen molar-refractivity contribution in [2.45, 2.75) is 66.5 Å². The second-order valence-electron chi connectivity index (χ2n) is 10.1. The van der Waals surface area contributed by atoms with Gasteiger partial charge < -0.3 is 4.90 Å². The number of hydrogen-bond acceptors (Lipinski definition) is 6. The summed E-state index contributed by atoms with van der Waals surface area (Å²) in [7, 11) is 0. The Hall–Kier alpha value is -2.89. The van der Waals surface area contributed by atoms with Crippen molar-refractivity contribution in [3.8, 4) is 6.07 Å². The first-order valence-corrected chi connectivity index (χ1v) is 14.2. The van der Waals surface area contributed by atoms with E-state index in [-0.39, 0.29) is 17.0 Å². The summed E-state index contributed by atoms with van der Waals surface area (Å²) < 4.78 is 2.28. The average molecular weight is 535 g/mol. The highest BCUT2D eigenvalue weighted by Gasteiger charge is 2.33. The van der Waals surface area contributed by atoms with Gasteiger partial charge in [0.1, 0.15) is 21.8 Å². The normalized spacial score (nSPS) is 17.6. The zero-order chi connectivity index (χ0) is 26.7. The van der Waals surface area contributed by atoms with Crippen molar-refractivity contribution in [3.63, 3.8) is 0 Å². The molecular formula is C29H34N4O2S2. The Balaban J connectivity index is 1.80. The van der Waals surface area contributed by atoms with Crippen molar-refractivity contribution < 1.29 is 4.79 Å². The maximum absolute atomic E-state index is 13.5. The third-order valence-electron chi connectivity index (χ3n) is 7.28. The minimum atomic E-state index is -0.244. The van der Waals surface area contributed by atoms with E-state index in [0.29, 0.717) is 33.8 Å². The molecule has 1 aromatic carbocycles. The lowest BCUT2D eigenvalue weighted by Gasteiger charge is -2.35. The van der Waals surface area contributed by atoms with Gasteiger partial charge in [-0.3, -0.25) is 19.1 Å². The third-order valence-corrected chi connectivity index (χ3v) is 8.65. The minimum Gasteiger partial charge on any atom is -0.357 e. The van der Waals surface area contributed by atoms with Crippen LogP contribution < -0.4 is 10.5 Å². The SMILES string of the molecule is CCCCn1c(N2CCC(C)CC2)c(/C=C2/SC(=S)N(Cc3ccc(C)cc3)C2=O)c(C)c(C#N)c1=O. The summed E-state index contributed by atoms with van der Waals surface area (Å²) in [6.07, 6.45) is 5.72. The molecule has 2 fully saturated rings. The number of anilines is 1. The smallest absolute Gasteiger partial charge is 0.270 e. The predicted octanol–water partition coefficient (Wildman–Crippen LogP) is 5.77. The molecule has 37 heavy (non-hydrogen) atoms. The minimum absolute atomic E-state index is 0.141. The van der Waals surface area contributed by atoms with Gasteiger partial charge in [-0.1, -0.05) is 74.1 Å². The molecule has 2 aromatic rings. The topological polar surface area (TPSA) is 69.3 Å². The third kappa shape index (κ3) is 5.68. The number of benzene rings is 1. The van der Waals surface area contributed by atoms with Crippen LogP contribution in [0.25, 0.3) is 6.08 Å². The van der Waals surface area contributed by atoms with Crippen LogP contribution in [-0.2, 0) is 17.9 Å². The number of aromatic nitrogens is 1. The van der Waals surface area contributed by atoms with Gasteiger partial charge in [0.25, 0.3) is 11.5 Å². The summed E-state index contributed by atoms with van der Waals surface area (Å²) in [5, 5.41) is 9.89. The molecule has 0 aliphatic carbocycles. The van der Waals surface area contributed by atoms with Crippen molar-refractivity contribution in [3.05, 3.63) is 67.3 Å². The van der Waals surface area contributed by atoms with E-state index < -0.39 is 0 Å². The molecule has 1 aromatic heterocycles. The first-order valence-electron chi connectivity index (χ1n) is 13.0. The summed E-state index contributed by atoms with van der Waals surface area (Å²) in [5.74, 6) is 1.32. The summed E-state index contributed by atoms with van der Waals surface area (Å²) in [5.41, 5.74) is 3.48. The quantitative estimate of drug-likeness (QED) is 0.332. The summed E-state index contributed by atoms with van der Waals surface area (Å²) >= 11 is 6.89. The molecule has 6 nitrogen and oxygen atoms in total. The second kappa shape index (κ2) is 11.7. The lowest BCUT2D eigenvalue weighted by molar-refractivity contribution is -0.122. The number of thiocarbonyl (C=S) groups is 1. The molecule has 194 valence electrons. The number of thioether (sulfide) groups is 1. The molecule has 4 rings (SSSR count). The van der Waals surface area contributed by atoms with Gasteiger partial charge in [0.2, 0.25) is 0 Å². The molecule has 0 saturated carbocycles. The first-order chi connectivity index (χ1) is 17.7. The van der Waals surface area contributed by atoms with E-state index in [9.17, 15) is 14.9 Å². The van der Waals surface area contributed by atoms with E-state index in [1.165, 1.54) is 11.8 Å². The number of nitrogens with zero attached hydrogens (tertiary/aromatic N) is 4. The van der Waals surface area contributed by atoms with Crippen LogP contribution in [-0.4, -0.2) is 32.8 Å². The van der Waals surface area contributed by atoms with Crippen LogP contribution >= 0.6 is 24.0 Å². The molecule has 2 saturated heterocycles. The van der Waals surface area contributed by atoms with Crippen LogP contribution in [0.4, 0.5) is 5.82 Å². The van der Waals surface area contributed by atoms with Gasteiger partial charge >= 0.3 is 0 Å². The maximum Gasteiger partial charge on any atom is 0.270 e. The Labute approximate surface area is 229 Å². The fourth-order valence-corrected chi connectivity index (χ4v) is 6.11. The van der Waals surface area contributed by atoms with Gasteiger partial charge in [-0.2, -0.15) is 5.26 Å². The number of aryl methyl sites for hydroxylation is 1. The first kappa shape index (κ1) is 27.2. The summed E-state index contributed by atoms with van der Waals surface area (Å²) in [6.45, 7) is 10.8. The number of carbonyl (C=O) groups is 1. The van der Waals surface area contributed by atoms with Crippen molar-refractivity contribution in [2.24, 2.45) is 5.92 Å². The lowest BCUT2D eigenvalue weighted by Crippen LogP contribution is -2.39. The number of pyridine rings is 1. The van der Waals surface area contributed by atoms with Gasteiger partial charge in [0.15, 0.2) is 0 Å². The van der Waals surface area contributed by atoms with E-state index in [4.69, 9.17) is 12.2 Å². The second-order valence-corrected chi connectivity index (χ2v) is 11.8. The number of unbranched alkanes of at least 4 members (excludes halogenated alkanes) is 1. The standard InChI is InChI=1S/C29H34N4O2S2/c1-5-6-13-32-26(31-14-11-20(3)12-15-31)23(21(4)24(17-30)27(32)34)16-25-28(35)33(29(36)37-25)18-22-9-7-19(2)8-10-22/h7-10,16,20H,5-6,11-15,18H2,1-4H3/b25-16+. The van der Waals surface area contributed by atoms with Crippen LogP contribution in [0.3, 0.4) is 0 Å². The molecular weight excluding hydrogens is 500 g/mol. The lowest BCUT2D eigenvalue weighted by atomic mass is 9.97. The Kier molecular flexibility index (Phi) is 8.56. The van der Waals surface area contributed by atoms with E-state index in [0.717, 1.165) is 61.3 Å². The Morgan fingerprint density at radius 2 is 1.84 bits per heavy atom. The van der Waals surface area contributed by atoms with E-state index in [2.05, 4.69) is 24.8 Å². The number of hydrogen-bond donors (Lipinski definition) is 0. The molecule has 0 atom stereocenters. The van der Waals surface area contributed by atoms with E-state index >= 15 is 0 Å². The van der Waals surface area contributed by atoms with Crippen molar-refractivity contribution in [1.82, 2.24) is 9.47 Å². The molecule has 0 bridgehead atoms. The monoisotopic (exact) mass is 534 g/mol. The van der Waals surface area contributed by atoms with E-state index in [1.807, 2.05) is 44.2 Å². The zero-order valence-corrected chi connectivity index (χ0v) is 23.7. The Morgan fingerprint density at radius 1 is 1.16 bits per heavy atom. The van der Waals surface area contributed by atoms with Crippen LogP contribution in [0.1, 0.15) is 67.3 Å². The maximum atomic E-state index is 13.5. The van der Waals surface area contributed by atoms with Gasteiger partial charge in [-0.15, -0.1) is 0 Å². The van der Waals surface area contributed by atoms with Gasteiger partial charge in [-0.25, -0.2) is 0 Å². The van der Waals surface area contributed by atoms with Crippen LogP contribution in [0.15, 0.2) is 34.0 Å². The highest BCUT2D eigenvalue weighted by molar-refractivity contribution is 8.26. The van der Waals surface area contributed by atoms with Gasteiger partial charge in [-0.05, 0) is 56.2 Å². The van der Waals surface area contributed by atoms with E-state index in [1.54, 1.807) is 9.47 Å². The Morgan fingerprint density at radius 3 is 2.46 bits per heavy atom. The number of carbonyl (C=O) groups excluding carboxylic acids is 1. The fraction of sp³-hybridized carbons (Fsp3) is 0.448. The molecule has 0 N–H and O–H groups in total. The predicted molar refractivity (Wildman–Crippen MR) is 156 cm³/mol. The highest BCUT2D eigenvalue weighted by Crippen LogP contribution is 2.37. The molecule has 2 aliphatic rings. The average Bonchev–Trinajstić information content (AvgIpc) is 3.14. The molecule has 3 heterocycles. The summed E-state index contributed by atoms with van der Waals surface area (Å²) in [6, 6.07) is 10.2. The van der Waals surface area contributed by atoms with Crippen molar-refractivity contribution in [2.75, 3.05) is 18.0 Å². The number of amides is 1. The number of nitriles is 1. The van der Waals surface area contributed by atoms with Crippen molar-refractivity contribution in [1.29, 1.82) is 5.26 Å². The largest absolute Gasteiger partial charge is 0.357 e. The molecule has 2 aliphatic heterocycles. The highest BCUT2D eigenvalue weighted by atomic mass is 32.2. The molecule has 1 amide bonds. The molecule has 0 radical (unpaired) electrons. The van der Waals surface area contributed by atoms with Gasteiger partial charge in [0, 0.05) is 25.2 Å². The van der Waals surface area contributed by atoms with Crippen molar-refractivity contribution >= 4 is 46.1 Å². The fourth-order valence-electron chi connectivity index (χ4n) is 4.87. The number of piperidine rings is 1. The van der Waals surface area contributed by atoms with Gasteiger partial charge in [0.05, 0.1) is 11.4 Å². The molecule has 0 unspecified atom stereocenters. The molecule has 8 heteroatoms. The zero-order valence-electron chi connectivity index (χ0n) is 22.0. The Bertz CT molecular complexity index is 1330.